The molecule has 42 heavy (non-hydrogen) atoms. The Bertz CT molecular complexity index is 1560. The average molecular weight is 584 g/mol. The molecule has 0 fully saturated rings. The number of amides is 1. The molecule has 0 saturated heterocycles. The summed E-state index contributed by atoms with van der Waals surface area (Å²) in [6.07, 6.45) is 2.21. The van der Waals surface area contributed by atoms with Crippen LogP contribution < -0.4 is 10.2 Å². The van der Waals surface area contributed by atoms with Crippen molar-refractivity contribution >= 4 is 35.0 Å². The SMILES string of the molecule is CSCCC(NC(=O)c1ccc(CN(Cc2ccccc2)c2cccc([N+](=O)[O-])c2)cc1-c1ccccc1C)C(=O)O. The predicted molar refractivity (Wildman–Crippen MR) is 168 cm³/mol. The molecule has 4 aromatic carbocycles. The van der Waals surface area contributed by atoms with Crippen LogP contribution in [0.1, 0.15) is 33.5 Å². The van der Waals surface area contributed by atoms with E-state index in [1.807, 2.05) is 86.0 Å². The van der Waals surface area contributed by atoms with E-state index in [2.05, 4.69) is 10.2 Å². The number of nitro groups is 1. The molecular formula is C33H33N3O5S. The highest BCUT2D eigenvalue weighted by Crippen LogP contribution is 2.30. The summed E-state index contributed by atoms with van der Waals surface area (Å²) in [5.41, 5.74) is 5.56. The number of nitrogens with one attached hydrogen (secondary N) is 1. The number of carbonyl (C=O) groups excluding carboxylic acids is 1. The Morgan fingerprint density at radius 1 is 0.905 bits per heavy atom. The highest BCUT2D eigenvalue weighted by atomic mass is 32.2. The second kappa shape index (κ2) is 14.3. The Hall–Kier alpha value is -4.63. The van der Waals surface area contributed by atoms with Gasteiger partial charge in [0.15, 0.2) is 0 Å². The lowest BCUT2D eigenvalue weighted by atomic mass is 9.93. The minimum absolute atomic E-state index is 0.00707. The van der Waals surface area contributed by atoms with Gasteiger partial charge in [0.05, 0.1) is 4.92 Å². The molecule has 216 valence electrons. The third-order valence-corrected chi connectivity index (χ3v) is 7.62. The maximum atomic E-state index is 13.5. The normalized spacial score (nSPS) is 11.5. The largest absolute Gasteiger partial charge is 0.480 e. The lowest BCUT2D eigenvalue weighted by Crippen LogP contribution is -2.41. The molecule has 2 N–H and O–H groups in total. The molecule has 0 heterocycles. The van der Waals surface area contributed by atoms with Gasteiger partial charge in [-0.15, -0.1) is 0 Å². The monoisotopic (exact) mass is 583 g/mol. The molecule has 0 bridgehead atoms. The van der Waals surface area contributed by atoms with Crippen LogP contribution in [-0.2, 0) is 17.9 Å². The number of anilines is 1. The molecule has 9 heteroatoms. The Kier molecular flexibility index (Phi) is 10.3. The number of non-ortho nitro benzene ring substituents is 1. The van der Waals surface area contributed by atoms with Crippen molar-refractivity contribution in [3.8, 4) is 11.1 Å². The van der Waals surface area contributed by atoms with Crippen LogP contribution >= 0.6 is 11.8 Å². The van der Waals surface area contributed by atoms with Crippen molar-refractivity contribution in [1.82, 2.24) is 5.32 Å². The van der Waals surface area contributed by atoms with E-state index in [0.717, 1.165) is 22.3 Å². The van der Waals surface area contributed by atoms with Crippen molar-refractivity contribution in [2.75, 3.05) is 16.9 Å². The highest BCUT2D eigenvalue weighted by molar-refractivity contribution is 7.98. The molecular weight excluding hydrogens is 550 g/mol. The zero-order valence-corrected chi connectivity index (χ0v) is 24.3. The number of thioether (sulfide) groups is 1. The van der Waals surface area contributed by atoms with E-state index in [1.54, 1.807) is 18.2 Å². The third-order valence-electron chi connectivity index (χ3n) is 6.97. The van der Waals surface area contributed by atoms with E-state index in [4.69, 9.17) is 0 Å². The summed E-state index contributed by atoms with van der Waals surface area (Å²) >= 11 is 1.52. The minimum Gasteiger partial charge on any atom is -0.480 e. The zero-order chi connectivity index (χ0) is 30.1. The minimum atomic E-state index is -1.07. The molecule has 1 unspecified atom stereocenters. The van der Waals surface area contributed by atoms with Crippen molar-refractivity contribution in [3.05, 3.63) is 129 Å². The molecule has 8 nitrogen and oxygen atoms in total. The van der Waals surface area contributed by atoms with Gasteiger partial charge in [0.2, 0.25) is 0 Å². The number of carboxylic acid groups (broad SMARTS) is 1. The van der Waals surface area contributed by atoms with Gasteiger partial charge in [-0.05, 0) is 71.4 Å². The van der Waals surface area contributed by atoms with Crippen molar-refractivity contribution < 1.29 is 19.6 Å². The summed E-state index contributed by atoms with van der Waals surface area (Å²) in [6.45, 7) is 2.90. The van der Waals surface area contributed by atoms with Crippen LogP contribution in [0.25, 0.3) is 11.1 Å². The summed E-state index contributed by atoms with van der Waals surface area (Å²) in [5.74, 6) is -0.913. The lowest BCUT2D eigenvalue weighted by molar-refractivity contribution is -0.384. The van der Waals surface area contributed by atoms with E-state index in [0.29, 0.717) is 42.1 Å². The molecule has 1 atom stereocenters. The zero-order valence-electron chi connectivity index (χ0n) is 23.5. The van der Waals surface area contributed by atoms with E-state index < -0.39 is 22.8 Å². The number of hydrogen-bond donors (Lipinski definition) is 2. The van der Waals surface area contributed by atoms with Gasteiger partial charge >= 0.3 is 5.97 Å². The van der Waals surface area contributed by atoms with Crippen molar-refractivity contribution in [3.63, 3.8) is 0 Å². The van der Waals surface area contributed by atoms with Gasteiger partial charge in [0, 0.05) is 36.5 Å². The van der Waals surface area contributed by atoms with Gasteiger partial charge in [-0.1, -0.05) is 66.7 Å². The Labute approximate surface area is 249 Å². The fourth-order valence-corrected chi connectivity index (χ4v) is 5.25. The molecule has 0 spiro atoms. The second-order valence-electron chi connectivity index (χ2n) is 9.96. The van der Waals surface area contributed by atoms with Gasteiger partial charge < -0.3 is 15.3 Å². The maximum absolute atomic E-state index is 13.5. The first-order valence-corrected chi connectivity index (χ1v) is 14.9. The second-order valence-corrected chi connectivity index (χ2v) is 10.9. The van der Waals surface area contributed by atoms with Gasteiger partial charge in [0.25, 0.3) is 11.6 Å². The molecule has 0 radical (unpaired) electrons. The average Bonchev–Trinajstić information content (AvgIpc) is 2.99. The number of aliphatic carboxylic acids is 1. The summed E-state index contributed by atoms with van der Waals surface area (Å²) in [7, 11) is 0. The standard InChI is InChI=1S/C33H33N3O5S/c1-23-9-6-7-14-28(23)30-19-25(15-16-29(30)32(37)34-31(33(38)39)17-18-42-2)22-35(21-24-10-4-3-5-11-24)26-12-8-13-27(20-26)36(40)41/h3-16,19-20,31H,17-18,21-22H2,1-2H3,(H,34,37)(H,38,39). The van der Waals surface area contributed by atoms with Gasteiger partial charge in [-0.3, -0.25) is 14.9 Å². The molecule has 0 aliphatic carbocycles. The van der Waals surface area contributed by atoms with Crippen LogP contribution in [0.2, 0.25) is 0 Å². The van der Waals surface area contributed by atoms with E-state index in [-0.39, 0.29) is 5.69 Å². The summed E-state index contributed by atoms with van der Waals surface area (Å²) < 4.78 is 0. The molecule has 1 amide bonds. The molecule has 4 aromatic rings. The van der Waals surface area contributed by atoms with Crippen LogP contribution in [0, 0.1) is 17.0 Å². The van der Waals surface area contributed by atoms with Crippen LogP contribution in [0.5, 0.6) is 0 Å². The number of carboxylic acids is 1. The first-order chi connectivity index (χ1) is 20.3. The Morgan fingerprint density at radius 2 is 1.62 bits per heavy atom. The number of aryl methyl sites for hydroxylation is 1. The topological polar surface area (TPSA) is 113 Å². The highest BCUT2D eigenvalue weighted by Gasteiger charge is 2.23. The quantitative estimate of drug-likeness (QED) is 0.133. The third kappa shape index (κ3) is 7.76. The number of nitro benzene ring substituents is 1. The summed E-state index contributed by atoms with van der Waals surface area (Å²) in [6, 6.07) is 28.7. The smallest absolute Gasteiger partial charge is 0.326 e. The van der Waals surface area contributed by atoms with Crippen molar-refractivity contribution in [2.24, 2.45) is 0 Å². The maximum Gasteiger partial charge on any atom is 0.326 e. The van der Waals surface area contributed by atoms with Crippen LogP contribution in [0.4, 0.5) is 11.4 Å². The lowest BCUT2D eigenvalue weighted by Gasteiger charge is -2.26. The first kappa shape index (κ1) is 30.3. The summed E-state index contributed by atoms with van der Waals surface area (Å²) in [4.78, 5) is 38.5. The van der Waals surface area contributed by atoms with Crippen LogP contribution in [0.3, 0.4) is 0 Å². The number of hydrogen-bond acceptors (Lipinski definition) is 6. The molecule has 0 aliphatic heterocycles. The predicted octanol–water partition coefficient (Wildman–Crippen LogP) is 6.71. The van der Waals surface area contributed by atoms with Gasteiger partial charge in [-0.25, -0.2) is 4.79 Å². The van der Waals surface area contributed by atoms with Gasteiger partial charge in [0.1, 0.15) is 6.04 Å². The number of rotatable bonds is 13. The fraction of sp³-hybridized carbons (Fsp3) is 0.212. The van der Waals surface area contributed by atoms with Crippen molar-refractivity contribution in [1.29, 1.82) is 0 Å². The fourth-order valence-electron chi connectivity index (χ4n) is 4.78. The molecule has 0 saturated carbocycles. The number of carbonyl (C=O) groups is 2. The van der Waals surface area contributed by atoms with E-state index >= 15 is 0 Å². The van der Waals surface area contributed by atoms with E-state index in [1.165, 1.54) is 17.8 Å². The summed E-state index contributed by atoms with van der Waals surface area (Å²) in [5, 5.41) is 23.9. The van der Waals surface area contributed by atoms with Crippen LogP contribution in [-0.4, -0.2) is 40.0 Å². The molecule has 4 rings (SSSR count). The van der Waals surface area contributed by atoms with Crippen molar-refractivity contribution in [2.45, 2.75) is 32.5 Å². The Morgan fingerprint density at radius 3 is 2.31 bits per heavy atom. The van der Waals surface area contributed by atoms with Crippen LogP contribution in [0.15, 0.2) is 97.1 Å². The Balaban J connectivity index is 1.74. The number of nitrogens with zero attached hydrogens (tertiary/aromatic N) is 2. The first-order valence-electron chi connectivity index (χ1n) is 13.5. The van der Waals surface area contributed by atoms with E-state index in [9.17, 15) is 24.8 Å². The molecule has 0 aliphatic rings. The van der Waals surface area contributed by atoms with Gasteiger partial charge in [-0.2, -0.15) is 11.8 Å². The molecule has 0 aromatic heterocycles. The number of benzene rings is 4.